The summed E-state index contributed by atoms with van der Waals surface area (Å²) in [6, 6.07) is 0. The molecule has 2 nitrogen and oxygen atoms in total. The van der Waals surface area contributed by atoms with Crippen LogP contribution in [0.4, 0.5) is 0 Å². The average Bonchev–Trinajstić information content (AvgIpc) is 2.86. The Bertz CT molecular complexity index is 302. The summed E-state index contributed by atoms with van der Waals surface area (Å²) in [5.74, 6) is 1.13. The molecule has 0 bridgehead atoms. The van der Waals surface area contributed by atoms with Crippen LogP contribution in [0.5, 0.6) is 0 Å². The van der Waals surface area contributed by atoms with Gasteiger partial charge in [-0.25, -0.2) is 4.98 Å². The lowest BCUT2D eigenvalue weighted by molar-refractivity contribution is 0.327. The molecule has 1 heterocycles. The van der Waals surface area contributed by atoms with Crippen molar-refractivity contribution in [2.75, 3.05) is 0 Å². The first kappa shape index (κ1) is 10.2. The summed E-state index contributed by atoms with van der Waals surface area (Å²) in [5, 5.41) is 0.806. The van der Waals surface area contributed by atoms with E-state index in [0.29, 0.717) is 5.41 Å². The van der Waals surface area contributed by atoms with E-state index in [2.05, 4.69) is 27.8 Å². The van der Waals surface area contributed by atoms with Crippen LogP contribution < -0.4 is 0 Å². The molecular weight excluding hydrogens is 242 g/mol. The average molecular weight is 258 g/mol. The Balaban J connectivity index is 2.35. The van der Waals surface area contributed by atoms with Crippen LogP contribution in [0.1, 0.15) is 50.5 Å². The van der Waals surface area contributed by atoms with E-state index in [9.17, 15) is 0 Å². The van der Waals surface area contributed by atoms with E-state index < -0.39 is 0 Å². The van der Waals surface area contributed by atoms with E-state index in [4.69, 9.17) is 4.42 Å². The molecule has 0 aromatic carbocycles. The zero-order valence-corrected chi connectivity index (χ0v) is 10.1. The molecule has 14 heavy (non-hydrogen) atoms. The fraction of sp³-hybridized carbons (Fsp3) is 0.727. The maximum atomic E-state index is 5.59. The zero-order valence-electron chi connectivity index (χ0n) is 8.55. The molecule has 78 valence electrons. The molecule has 0 spiro atoms. The van der Waals surface area contributed by atoms with Gasteiger partial charge in [0.05, 0.1) is 5.69 Å². The van der Waals surface area contributed by atoms with Crippen molar-refractivity contribution in [3.63, 3.8) is 0 Å². The first-order chi connectivity index (χ1) is 6.82. The Kier molecular flexibility index (Phi) is 2.96. The fourth-order valence-corrected chi connectivity index (χ4v) is 2.99. The first-order valence-electron chi connectivity index (χ1n) is 5.31. The van der Waals surface area contributed by atoms with Crippen LogP contribution in [0.15, 0.2) is 10.8 Å². The third-order valence-electron chi connectivity index (χ3n) is 3.49. The molecule has 0 radical (unpaired) electrons. The smallest absolute Gasteiger partial charge is 0.181 e. The van der Waals surface area contributed by atoms with Crippen molar-refractivity contribution in [3.05, 3.63) is 17.8 Å². The number of aromatic nitrogens is 1. The molecular formula is C11H16BrNO. The van der Waals surface area contributed by atoms with E-state index in [1.165, 1.54) is 32.1 Å². The van der Waals surface area contributed by atoms with Crippen LogP contribution in [0.3, 0.4) is 0 Å². The van der Waals surface area contributed by atoms with Crippen LogP contribution in [-0.2, 0) is 10.7 Å². The lowest BCUT2D eigenvalue weighted by Crippen LogP contribution is -2.21. The minimum absolute atomic E-state index is 0.291. The lowest BCUT2D eigenvalue weighted by atomic mass is 9.80. The van der Waals surface area contributed by atoms with Crippen LogP contribution in [0.2, 0.25) is 0 Å². The second kappa shape index (κ2) is 4.05. The second-order valence-electron chi connectivity index (χ2n) is 4.10. The van der Waals surface area contributed by atoms with Gasteiger partial charge in [-0.1, -0.05) is 35.7 Å². The van der Waals surface area contributed by atoms with Crippen LogP contribution >= 0.6 is 15.9 Å². The quantitative estimate of drug-likeness (QED) is 0.771. The molecule has 2 rings (SSSR count). The van der Waals surface area contributed by atoms with Crippen molar-refractivity contribution in [1.29, 1.82) is 0 Å². The third kappa shape index (κ3) is 1.52. The second-order valence-corrected chi connectivity index (χ2v) is 4.66. The molecule has 1 aromatic heterocycles. The lowest BCUT2D eigenvalue weighted by Gasteiger charge is -2.25. The van der Waals surface area contributed by atoms with Gasteiger partial charge in [0.2, 0.25) is 0 Å². The van der Waals surface area contributed by atoms with Gasteiger partial charge in [0.25, 0.3) is 0 Å². The predicted molar refractivity (Wildman–Crippen MR) is 59.6 cm³/mol. The Hall–Kier alpha value is -0.310. The van der Waals surface area contributed by atoms with Crippen molar-refractivity contribution < 1.29 is 4.42 Å². The highest BCUT2D eigenvalue weighted by Gasteiger charge is 2.38. The topological polar surface area (TPSA) is 26.0 Å². The minimum Gasteiger partial charge on any atom is -0.448 e. The van der Waals surface area contributed by atoms with Crippen molar-refractivity contribution in [2.24, 2.45) is 0 Å². The van der Waals surface area contributed by atoms with E-state index in [1.807, 2.05) is 0 Å². The molecule has 0 amide bonds. The van der Waals surface area contributed by atoms with Gasteiger partial charge in [0, 0.05) is 10.7 Å². The van der Waals surface area contributed by atoms with Crippen LogP contribution in [0.25, 0.3) is 0 Å². The molecule has 3 heteroatoms. The summed E-state index contributed by atoms with van der Waals surface area (Å²) in [7, 11) is 0. The molecule has 1 saturated carbocycles. The zero-order chi connectivity index (χ0) is 10.0. The molecule has 0 N–H and O–H groups in total. The van der Waals surface area contributed by atoms with E-state index in [0.717, 1.165) is 16.8 Å². The molecule has 0 saturated heterocycles. The number of rotatable bonds is 3. The van der Waals surface area contributed by atoms with Crippen LogP contribution in [-0.4, -0.2) is 4.98 Å². The van der Waals surface area contributed by atoms with Crippen molar-refractivity contribution >= 4 is 15.9 Å². The highest BCUT2D eigenvalue weighted by atomic mass is 79.9. The number of oxazole rings is 1. The van der Waals surface area contributed by atoms with Gasteiger partial charge in [-0.05, 0) is 19.3 Å². The van der Waals surface area contributed by atoms with Crippen molar-refractivity contribution in [2.45, 2.75) is 49.8 Å². The number of nitrogens with zero attached hydrogens (tertiary/aromatic N) is 1. The molecule has 0 unspecified atom stereocenters. The highest BCUT2D eigenvalue weighted by Crippen LogP contribution is 2.45. The SMILES string of the molecule is CCC1(c2ocnc2CBr)CCCC1. The maximum absolute atomic E-state index is 5.59. The summed E-state index contributed by atoms with van der Waals surface area (Å²) < 4.78 is 5.59. The van der Waals surface area contributed by atoms with Crippen LogP contribution in [0, 0.1) is 0 Å². The van der Waals surface area contributed by atoms with Gasteiger partial charge < -0.3 is 4.42 Å². The summed E-state index contributed by atoms with van der Waals surface area (Å²) in [5.41, 5.74) is 1.38. The first-order valence-corrected chi connectivity index (χ1v) is 6.43. The Morgan fingerprint density at radius 1 is 1.50 bits per heavy atom. The van der Waals surface area contributed by atoms with Gasteiger partial charge in [-0.3, -0.25) is 0 Å². The Labute approximate surface area is 93.2 Å². The number of alkyl halides is 1. The van der Waals surface area contributed by atoms with Gasteiger partial charge in [-0.15, -0.1) is 0 Å². The van der Waals surface area contributed by atoms with Crippen molar-refractivity contribution in [3.8, 4) is 0 Å². The number of halogens is 1. The Morgan fingerprint density at radius 3 is 2.79 bits per heavy atom. The Morgan fingerprint density at radius 2 is 2.21 bits per heavy atom. The molecule has 0 aliphatic heterocycles. The molecule has 1 aliphatic rings. The fourth-order valence-electron chi connectivity index (χ4n) is 2.59. The third-order valence-corrected chi connectivity index (χ3v) is 4.02. The predicted octanol–water partition coefficient (Wildman–Crippen LogP) is 3.79. The number of hydrogen-bond donors (Lipinski definition) is 0. The van der Waals surface area contributed by atoms with Crippen molar-refractivity contribution in [1.82, 2.24) is 4.98 Å². The standard InChI is InChI=1S/C11H16BrNO/c1-2-11(5-3-4-6-11)10-9(7-12)13-8-14-10/h8H,2-7H2,1H3. The molecule has 0 atom stereocenters. The molecule has 1 aromatic rings. The highest BCUT2D eigenvalue weighted by molar-refractivity contribution is 9.08. The van der Waals surface area contributed by atoms with Gasteiger partial charge in [0.15, 0.2) is 6.39 Å². The van der Waals surface area contributed by atoms with Gasteiger partial charge in [-0.2, -0.15) is 0 Å². The summed E-state index contributed by atoms with van der Waals surface area (Å²) >= 11 is 3.47. The summed E-state index contributed by atoms with van der Waals surface area (Å²) in [6.45, 7) is 2.26. The maximum Gasteiger partial charge on any atom is 0.181 e. The number of hydrogen-bond acceptors (Lipinski definition) is 2. The largest absolute Gasteiger partial charge is 0.448 e. The van der Waals surface area contributed by atoms with E-state index >= 15 is 0 Å². The van der Waals surface area contributed by atoms with Gasteiger partial charge in [0.1, 0.15) is 5.76 Å². The summed E-state index contributed by atoms with van der Waals surface area (Å²) in [4.78, 5) is 4.26. The minimum atomic E-state index is 0.291. The summed E-state index contributed by atoms with van der Waals surface area (Å²) in [6.07, 6.45) is 7.94. The van der Waals surface area contributed by atoms with E-state index in [-0.39, 0.29) is 0 Å². The van der Waals surface area contributed by atoms with Gasteiger partial charge >= 0.3 is 0 Å². The molecule has 1 aliphatic carbocycles. The van der Waals surface area contributed by atoms with E-state index in [1.54, 1.807) is 6.39 Å². The molecule has 1 fully saturated rings. The normalized spacial score (nSPS) is 20.1. The monoisotopic (exact) mass is 257 g/mol.